The first-order valence-electron chi connectivity index (χ1n) is 7.14. The second kappa shape index (κ2) is 7.21. The van der Waals surface area contributed by atoms with Crippen LogP contribution in [-0.4, -0.2) is 56.0 Å². The van der Waals surface area contributed by atoms with Crippen molar-refractivity contribution in [1.82, 2.24) is 19.0 Å². The Morgan fingerprint density at radius 3 is 2.27 bits per heavy atom. The highest BCUT2D eigenvalue weighted by molar-refractivity contribution is 7.87. The zero-order valence-electron chi connectivity index (χ0n) is 13.0. The van der Waals surface area contributed by atoms with Crippen molar-refractivity contribution in [2.45, 2.75) is 37.8 Å². The first-order chi connectivity index (χ1) is 10.4. The largest absolute Gasteiger partial charge is 0.477 e. The van der Waals surface area contributed by atoms with Gasteiger partial charge in [-0.15, -0.1) is 0 Å². The number of hydrogen-bond donors (Lipinski definition) is 1. The third-order valence-corrected chi connectivity index (χ3v) is 5.17. The van der Waals surface area contributed by atoms with Crippen LogP contribution < -0.4 is 14.2 Å². The Morgan fingerprint density at radius 2 is 1.73 bits per heavy atom. The van der Waals surface area contributed by atoms with Crippen molar-refractivity contribution in [3.05, 3.63) is 12.4 Å². The van der Waals surface area contributed by atoms with Gasteiger partial charge in [-0.2, -0.15) is 17.4 Å². The lowest BCUT2D eigenvalue weighted by molar-refractivity contribution is 0.132. The van der Waals surface area contributed by atoms with Crippen molar-refractivity contribution in [3.8, 4) is 11.8 Å². The standard InChI is InChI=1S/C13H22N4O4S/c1-17(2)22(18,19)16-10-4-6-11(7-5-10)21-13-12(20-3)14-8-9-15-13/h8-11,16H,4-7H2,1-3H3. The molecule has 0 saturated heterocycles. The van der Waals surface area contributed by atoms with Crippen LogP contribution >= 0.6 is 0 Å². The molecule has 1 N–H and O–H groups in total. The molecule has 1 aromatic rings. The minimum atomic E-state index is -3.38. The zero-order chi connectivity index (χ0) is 16.2. The van der Waals surface area contributed by atoms with Gasteiger partial charge < -0.3 is 9.47 Å². The fraction of sp³-hybridized carbons (Fsp3) is 0.692. The van der Waals surface area contributed by atoms with Crippen molar-refractivity contribution in [2.75, 3.05) is 21.2 Å². The number of hydrogen-bond acceptors (Lipinski definition) is 6. The first-order valence-corrected chi connectivity index (χ1v) is 8.58. The molecule has 8 nitrogen and oxygen atoms in total. The van der Waals surface area contributed by atoms with Crippen LogP contribution in [0.5, 0.6) is 11.8 Å². The van der Waals surface area contributed by atoms with Gasteiger partial charge in [-0.1, -0.05) is 0 Å². The van der Waals surface area contributed by atoms with E-state index in [-0.39, 0.29) is 12.1 Å². The summed E-state index contributed by atoms with van der Waals surface area (Å²) in [6.45, 7) is 0. The van der Waals surface area contributed by atoms with Crippen LogP contribution in [0.2, 0.25) is 0 Å². The van der Waals surface area contributed by atoms with Gasteiger partial charge in [0, 0.05) is 32.5 Å². The summed E-state index contributed by atoms with van der Waals surface area (Å²) in [5, 5.41) is 0. The molecule has 2 rings (SSSR count). The summed E-state index contributed by atoms with van der Waals surface area (Å²) < 4.78 is 38.4. The van der Waals surface area contributed by atoms with Gasteiger partial charge in [0.1, 0.15) is 6.10 Å². The van der Waals surface area contributed by atoms with E-state index in [4.69, 9.17) is 9.47 Å². The fourth-order valence-corrected chi connectivity index (χ4v) is 3.17. The van der Waals surface area contributed by atoms with Crippen LogP contribution in [0.3, 0.4) is 0 Å². The van der Waals surface area contributed by atoms with Crippen molar-refractivity contribution < 1.29 is 17.9 Å². The molecular weight excluding hydrogens is 308 g/mol. The van der Waals surface area contributed by atoms with E-state index in [1.54, 1.807) is 12.4 Å². The highest BCUT2D eigenvalue weighted by Crippen LogP contribution is 2.27. The number of ether oxygens (including phenoxy) is 2. The number of rotatable bonds is 6. The topological polar surface area (TPSA) is 93.6 Å². The first kappa shape index (κ1) is 16.9. The van der Waals surface area contributed by atoms with Gasteiger partial charge in [-0.25, -0.2) is 9.97 Å². The van der Waals surface area contributed by atoms with Crippen molar-refractivity contribution in [2.24, 2.45) is 0 Å². The molecule has 0 radical (unpaired) electrons. The maximum absolute atomic E-state index is 11.8. The van der Waals surface area contributed by atoms with Crippen LogP contribution in [0.25, 0.3) is 0 Å². The van der Waals surface area contributed by atoms with Crippen LogP contribution in [0.4, 0.5) is 0 Å². The molecule has 0 aromatic carbocycles. The molecule has 1 heterocycles. The molecule has 22 heavy (non-hydrogen) atoms. The number of nitrogens with zero attached hydrogens (tertiary/aromatic N) is 3. The van der Waals surface area contributed by atoms with Crippen molar-refractivity contribution in [1.29, 1.82) is 0 Å². The lowest BCUT2D eigenvalue weighted by atomic mass is 9.94. The Hall–Kier alpha value is -1.45. The average molecular weight is 330 g/mol. The maximum atomic E-state index is 11.8. The van der Waals surface area contributed by atoms with Crippen LogP contribution in [0.1, 0.15) is 25.7 Å². The average Bonchev–Trinajstić information content (AvgIpc) is 2.49. The second-order valence-corrected chi connectivity index (χ2v) is 7.28. The normalized spacial score (nSPS) is 22.5. The van der Waals surface area contributed by atoms with Crippen LogP contribution in [0.15, 0.2) is 12.4 Å². The zero-order valence-corrected chi connectivity index (χ0v) is 13.8. The molecule has 0 aliphatic heterocycles. The van der Waals surface area contributed by atoms with E-state index >= 15 is 0 Å². The summed E-state index contributed by atoms with van der Waals surface area (Å²) >= 11 is 0. The Labute approximate surface area is 131 Å². The summed E-state index contributed by atoms with van der Waals surface area (Å²) in [6.07, 6.45) is 6.03. The van der Waals surface area contributed by atoms with Crippen LogP contribution in [-0.2, 0) is 10.2 Å². The molecule has 0 amide bonds. The predicted octanol–water partition coefficient (Wildman–Crippen LogP) is 0.571. The minimum absolute atomic E-state index is 0.00860. The quantitative estimate of drug-likeness (QED) is 0.820. The van der Waals surface area contributed by atoms with Gasteiger partial charge in [0.15, 0.2) is 0 Å². The number of nitrogens with one attached hydrogen (secondary N) is 1. The summed E-state index contributed by atoms with van der Waals surface area (Å²) in [5.41, 5.74) is 0. The molecule has 1 aromatic heterocycles. The fourth-order valence-electron chi connectivity index (χ4n) is 2.31. The number of aromatic nitrogens is 2. The van der Waals surface area contributed by atoms with Crippen molar-refractivity contribution in [3.63, 3.8) is 0 Å². The molecule has 1 fully saturated rings. The molecule has 9 heteroatoms. The van der Waals surface area contributed by atoms with E-state index in [0.29, 0.717) is 11.8 Å². The predicted molar refractivity (Wildman–Crippen MR) is 81.0 cm³/mol. The van der Waals surface area contributed by atoms with Gasteiger partial charge in [-0.3, -0.25) is 0 Å². The summed E-state index contributed by atoms with van der Waals surface area (Å²) in [6, 6.07) is -0.0593. The highest BCUT2D eigenvalue weighted by Gasteiger charge is 2.27. The van der Waals surface area contributed by atoms with E-state index in [2.05, 4.69) is 14.7 Å². The van der Waals surface area contributed by atoms with Crippen LogP contribution in [0, 0.1) is 0 Å². The molecule has 0 spiro atoms. The summed E-state index contributed by atoms with van der Waals surface area (Å²) in [5.74, 6) is 0.736. The minimum Gasteiger partial charge on any atom is -0.477 e. The Kier molecular flexibility index (Phi) is 5.54. The van der Waals surface area contributed by atoms with E-state index in [9.17, 15) is 8.42 Å². The Bertz CT molecular complexity index is 585. The SMILES string of the molecule is COc1nccnc1OC1CCC(NS(=O)(=O)N(C)C)CC1. The molecule has 124 valence electrons. The summed E-state index contributed by atoms with van der Waals surface area (Å²) in [4.78, 5) is 8.16. The van der Waals surface area contributed by atoms with Gasteiger partial charge in [0.05, 0.1) is 7.11 Å². The maximum Gasteiger partial charge on any atom is 0.279 e. The van der Waals surface area contributed by atoms with Crippen molar-refractivity contribution >= 4 is 10.2 Å². The third kappa shape index (κ3) is 4.28. The Morgan fingerprint density at radius 1 is 1.14 bits per heavy atom. The molecular formula is C13H22N4O4S. The monoisotopic (exact) mass is 330 g/mol. The third-order valence-electron chi connectivity index (χ3n) is 3.58. The molecule has 1 aliphatic carbocycles. The highest BCUT2D eigenvalue weighted by atomic mass is 32.2. The van der Waals surface area contributed by atoms with E-state index in [0.717, 1.165) is 25.7 Å². The molecule has 1 saturated carbocycles. The number of methoxy groups -OCH3 is 1. The molecule has 1 aliphatic rings. The van der Waals surface area contributed by atoms with E-state index in [1.807, 2.05) is 0 Å². The Balaban J connectivity index is 1.87. The molecule has 0 bridgehead atoms. The van der Waals surface area contributed by atoms with E-state index < -0.39 is 10.2 Å². The summed E-state index contributed by atoms with van der Waals surface area (Å²) in [7, 11) is 1.16. The lowest BCUT2D eigenvalue weighted by Gasteiger charge is -2.29. The van der Waals surface area contributed by atoms with Gasteiger partial charge in [0.25, 0.3) is 22.0 Å². The van der Waals surface area contributed by atoms with Gasteiger partial charge >= 0.3 is 0 Å². The molecule has 0 unspecified atom stereocenters. The van der Waals surface area contributed by atoms with Gasteiger partial charge in [0.2, 0.25) is 0 Å². The molecule has 0 atom stereocenters. The lowest BCUT2D eigenvalue weighted by Crippen LogP contribution is -2.44. The second-order valence-electron chi connectivity index (χ2n) is 5.37. The van der Waals surface area contributed by atoms with E-state index in [1.165, 1.54) is 25.5 Å². The van der Waals surface area contributed by atoms with Gasteiger partial charge in [-0.05, 0) is 25.7 Å². The smallest absolute Gasteiger partial charge is 0.279 e.